The van der Waals surface area contributed by atoms with E-state index in [1.54, 1.807) is 17.4 Å². The molecule has 0 aliphatic carbocycles. The minimum absolute atomic E-state index is 0.337. The van der Waals surface area contributed by atoms with Crippen molar-refractivity contribution in [3.63, 3.8) is 0 Å². The zero-order valence-corrected chi connectivity index (χ0v) is 17.1. The Kier molecular flexibility index (Phi) is 5.11. The van der Waals surface area contributed by atoms with E-state index >= 15 is 0 Å². The van der Waals surface area contributed by atoms with Gasteiger partial charge in [-0.05, 0) is 59.2 Å². The minimum atomic E-state index is -0.873. The van der Waals surface area contributed by atoms with Crippen LogP contribution in [0.25, 0.3) is 26.8 Å². The molecule has 0 atom stereocenters. The molecule has 0 bridgehead atoms. The van der Waals surface area contributed by atoms with Gasteiger partial charge in [0.05, 0.1) is 12.7 Å². The topological polar surface area (TPSA) is 66.8 Å². The molecule has 4 rings (SSSR count). The number of carbonyl (C=O) groups excluding carboxylic acids is 1. The van der Waals surface area contributed by atoms with Gasteiger partial charge in [0, 0.05) is 28.7 Å². The van der Waals surface area contributed by atoms with Gasteiger partial charge in [0.2, 0.25) is 0 Å². The quantitative estimate of drug-likeness (QED) is 0.588. The number of ether oxygens (including phenoxy) is 1. The summed E-state index contributed by atoms with van der Waals surface area (Å²) in [7, 11) is 1.39. The maximum Gasteiger partial charge on any atom is 0.407 e. The van der Waals surface area contributed by atoms with Crippen molar-refractivity contribution in [2.24, 2.45) is 0 Å². The van der Waals surface area contributed by atoms with Crippen LogP contribution in [0.5, 0.6) is 0 Å². The Hall–Kier alpha value is -3.12. The summed E-state index contributed by atoms with van der Waals surface area (Å²) in [5, 5.41) is 12.3. The highest BCUT2D eigenvalue weighted by Gasteiger charge is 2.18. The van der Waals surface area contributed by atoms with E-state index in [0.717, 1.165) is 38.8 Å². The third kappa shape index (κ3) is 3.63. The van der Waals surface area contributed by atoms with Crippen LogP contribution in [0.15, 0.2) is 47.9 Å². The molecule has 5 nitrogen and oxygen atoms in total. The molecular formula is C23H21NO4S. The van der Waals surface area contributed by atoms with Gasteiger partial charge in [-0.1, -0.05) is 24.3 Å². The summed E-state index contributed by atoms with van der Waals surface area (Å²) in [6.07, 6.45) is 1.84. The van der Waals surface area contributed by atoms with Gasteiger partial charge < -0.3 is 14.7 Å². The van der Waals surface area contributed by atoms with E-state index in [0.29, 0.717) is 18.7 Å². The van der Waals surface area contributed by atoms with Crippen molar-refractivity contribution >= 4 is 39.1 Å². The van der Waals surface area contributed by atoms with Crippen molar-refractivity contribution in [3.05, 3.63) is 64.5 Å². The van der Waals surface area contributed by atoms with Crippen LogP contribution in [0.4, 0.5) is 4.79 Å². The Morgan fingerprint density at radius 1 is 1.14 bits per heavy atom. The number of carbonyl (C=O) groups is 2. The van der Waals surface area contributed by atoms with E-state index in [1.165, 1.54) is 17.6 Å². The van der Waals surface area contributed by atoms with Crippen LogP contribution >= 0.6 is 11.3 Å². The van der Waals surface area contributed by atoms with Crippen molar-refractivity contribution in [3.8, 4) is 11.1 Å². The summed E-state index contributed by atoms with van der Waals surface area (Å²) in [4.78, 5) is 24.4. The van der Waals surface area contributed by atoms with Crippen molar-refractivity contribution in [2.75, 3.05) is 20.2 Å². The minimum Gasteiger partial charge on any atom is -0.465 e. The Morgan fingerprint density at radius 2 is 1.97 bits per heavy atom. The predicted octanol–water partition coefficient (Wildman–Crippen LogP) is 5.43. The first-order valence-electron chi connectivity index (χ1n) is 9.36. The summed E-state index contributed by atoms with van der Waals surface area (Å²) in [6, 6.07) is 12.0. The lowest BCUT2D eigenvalue weighted by atomic mass is 9.93. The number of rotatable bonds is 3. The number of amides is 1. The summed E-state index contributed by atoms with van der Waals surface area (Å²) < 4.78 is 5.98. The Bertz CT molecular complexity index is 1140. The number of thiophene rings is 1. The largest absolute Gasteiger partial charge is 0.465 e. The van der Waals surface area contributed by atoms with Gasteiger partial charge in [-0.25, -0.2) is 9.59 Å². The number of fused-ring (bicyclic) bond motifs is 1. The molecule has 1 aromatic heterocycles. The first-order chi connectivity index (χ1) is 14.0. The van der Waals surface area contributed by atoms with Gasteiger partial charge in [0.1, 0.15) is 0 Å². The number of carboxylic acid groups (broad SMARTS) is 1. The summed E-state index contributed by atoms with van der Waals surface area (Å²) >= 11 is 1.66. The molecule has 3 aromatic rings. The van der Waals surface area contributed by atoms with E-state index in [9.17, 15) is 9.59 Å². The highest BCUT2D eigenvalue weighted by Crippen LogP contribution is 2.37. The number of hydrogen-bond acceptors (Lipinski definition) is 4. The van der Waals surface area contributed by atoms with Gasteiger partial charge >= 0.3 is 12.1 Å². The molecule has 6 heteroatoms. The second-order valence-electron chi connectivity index (χ2n) is 7.09. The Morgan fingerprint density at radius 3 is 2.62 bits per heavy atom. The standard InChI is InChI=1S/C23H21NO4S/c1-14-11-16(15-7-9-24(10-8-15)23(26)27)3-5-18(14)20-13-29-21-6-4-17(12-19(20)21)22(25)28-2/h3-7,11-13H,8-10H2,1-2H3,(H,26,27). The molecule has 2 heterocycles. The van der Waals surface area contributed by atoms with Gasteiger partial charge in [-0.3, -0.25) is 0 Å². The molecule has 1 aliphatic rings. The van der Waals surface area contributed by atoms with Crippen LogP contribution in [-0.2, 0) is 4.74 Å². The SMILES string of the molecule is COC(=O)c1ccc2scc(-c3ccc(C4=CCN(C(=O)O)CC4)cc3C)c2c1. The van der Waals surface area contributed by atoms with Crippen LogP contribution in [0.1, 0.15) is 27.9 Å². The molecule has 0 fully saturated rings. The molecule has 29 heavy (non-hydrogen) atoms. The smallest absolute Gasteiger partial charge is 0.407 e. The number of aryl methyl sites for hydroxylation is 1. The van der Waals surface area contributed by atoms with Gasteiger partial charge in [-0.15, -0.1) is 11.3 Å². The monoisotopic (exact) mass is 407 g/mol. The van der Waals surface area contributed by atoms with E-state index < -0.39 is 6.09 Å². The predicted molar refractivity (Wildman–Crippen MR) is 116 cm³/mol. The average molecular weight is 407 g/mol. The Labute approximate surface area is 172 Å². The van der Waals surface area contributed by atoms with Crippen molar-refractivity contribution in [2.45, 2.75) is 13.3 Å². The van der Waals surface area contributed by atoms with Gasteiger partial charge in [0.15, 0.2) is 0 Å². The summed E-state index contributed by atoms with van der Waals surface area (Å²) in [6.45, 7) is 3.03. The number of benzene rings is 2. The van der Waals surface area contributed by atoms with E-state index in [-0.39, 0.29) is 5.97 Å². The molecule has 1 aliphatic heterocycles. The van der Waals surface area contributed by atoms with E-state index in [1.807, 2.05) is 18.2 Å². The fourth-order valence-corrected chi connectivity index (χ4v) is 4.69. The first-order valence-corrected chi connectivity index (χ1v) is 10.2. The highest BCUT2D eigenvalue weighted by molar-refractivity contribution is 7.17. The maximum atomic E-state index is 11.9. The van der Waals surface area contributed by atoms with Gasteiger partial charge in [0.25, 0.3) is 0 Å². The van der Waals surface area contributed by atoms with Crippen LogP contribution in [0, 0.1) is 6.92 Å². The zero-order valence-electron chi connectivity index (χ0n) is 16.3. The fraction of sp³-hybridized carbons (Fsp3) is 0.217. The number of hydrogen-bond donors (Lipinski definition) is 1. The molecule has 0 unspecified atom stereocenters. The van der Waals surface area contributed by atoms with Crippen molar-refractivity contribution in [1.82, 2.24) is 4.90 Å². The third-order valence-corrected chi connectivity index (χ3v) is 6.33. The number of esters is 1. The number of methoxy groups -OCH3 is 1. The maximum absolute atomic E-state index is 11.9. The molecule has 0 saturated carbocycles. The molecule has 1 N–H and O–H groups in total. The molecular weight excluding hydrogens is 386 g/mol. The summed E-state index contributed by atoms with van der Waals surface area (Å²) in [5.41, 5.74) is 6.24. The molecule has 0 saturated heterocycles. The molecule has 148 valence electrons. The lowest BCUT2D eigenvalue weighted by molar-refractivity contribution is 0.0601. The molecule has 2 aromatic carbocycles. The molecule has 0 radical (unpaired) electrons. The first kappa shape index (κ1) is 19.2. The van der Waals surface area contributed by atoms with E-state index in [4.69, 9.17) is 9.84 Å². The van der Waals surface area contributed by atoms with Crippen LogP contribution in [-0.4, -0.2) is 42.3 Å². The lowest BCUT2D eigenvalue weighted by Gasteiger charge is -2.24. The number of nitrogens with zero attached hydrogens (tertiary/aromatic N) is 1. The third-order valence-electron chi connectivity index (χ3n) is 5.36. The van der Waals surface area contributed by atoms with E-state index in [2.05, 4.69) is 30.5 Å². The Balaban J connectivity index is 1.68. The van der Waals surface area contributed by atoms with Crippen molar-refractivity contribution < 1.29 is 19.4 Å². The van der Waals surface area contributed by atoms with Crippen molar-refractivity contribution in [1.29, 1.82) is 0 Å². The fourth-order valence-electron chi connectivity index (χ4n) is 3.75. The second-order valence-corrected chi connectivity index (χ2v) is 8.00. The normalized spacial score (nSPS) is 14.0. The highest BCUT2D eigenvalue weighted by atomic mass is 32.1. The zero-order chi connectivity index (χ0) is 20.5. The van der Waals surface area contributed by atoms with Crippen LogP contribution < -0.4 is 0 Å². The summed E-state index contributed by atoms with van der Waals surface area (Å²) in [5.74, 6) is -0.337. The molecule has 1 amide bonds. The van der Waals surface area contributed by atoms with Crippen LogP contribution in [0.3, 0.4) is 0 Å². The van der Waals surface area contributed by atoms with Gasteiger partial charge in [-0.2, -0.15) is 0 Å². The lowest BCUT2D eigenvalue weighted by Crippen LogP contribution is -2.33. The average Bonchev–Trinajstić information content (AvgIpc) is 3.16. The van der Waals surface area contributed by atoms with Crippen LogP contribution in [0.2, 0.25) is 0 Å². The molecule has 0 spiro atoms. The second kappa shape index (κ2) is 7.72.